The summed E-state index contributed by atoms with van der Waals surface area (Å²) >= 11 is 0. The molecule has 1 N–H and O–H groups in total. The quantitative estimate of drug-likeness (QED) is 0.144. The predicted octanol–water partition coefficient (Wildman–Crippen LogP) is 14.7. The Morgan fingerprint density at radius 1 is 0.511 bits per heavy atom. The van der Waals surface area contributed by atoms with Crippen LogP contribution >= 0.6 is 0 Å². The normalized spacial score (nSPS) is 13.9. The molecule has 0 saturated carbocycles. The van der Waals surface area contributed by atoms with E-state index in [-0.39, 0.29) is 0 Å². The van der Waals surface area contributed by atoms with Crippen LogP contribution in [-0.2, 0) is 6.42 Å². The zero-order chi connectivity index (χ0) is 34.6. The summed E-state index contributed by atoms with van der Waals surface area (Å²) < 4.78 is 0. The van der Waals surface area contributed by atoms with E-state index < -0.39 is 0 Å². The van der Waals surface area contributed by atoms with E-state index in [9.17, 15) is 5.11 Å². The van der Waals surface area contributed by atoms with Gasteiger partial charge in [-0.25, -0.2) is 0 Å². The first-order valence-corrected chi connectivity index (χ1v) is 18.2. The van der Waals surface area contributed by atoms with Crippen LogP contribution < -0.4 is 0 Å². The van der Waals surface area contributed by atoms with Crippen LogP contribution in [0.15, 0.2) is 112 Å². The number of phenolic OH excluding ortho intramolecular Hbond substituents is 1. The molecule has 256 valence electrons. The number of hydrogen-bond donors (Lipinski definition) is 1. The molecule has 47 heavy (non-hydrogen) atoms. The van der Waals surface area contributed by atoms with Gasteiger partial charge in [0, 0.05) is 5.39 Å². The lowest BCUT2D eigenvalue weighted by atomic mass is 9.97. The highest BCUT2D eigenvalue weighted by Crippen LogP contribution is 2.31. The Balaban J connectivity index is 1.64. The molecule has 0 heterocycles. The van der Waals surface area contributed by atoms with E-state index in [4.69, 9.17) is 0 Å². The zero-order valence-corrected chi connectivity index (χ0v) is 31.6. The summed E-state index contributed by atoms with van der Waals surface area (Å²) in [7, 11) is 0. The molecule has 2 aromatic carbocycles. The molecule has 0 aliphatic carbocycles. The Morgan fingerprint density at radius 2 is 0.872 bits per heavy atom. The molecule has 1 nitrogen and oxygen atoms in total. The van der Waals surface area contributed by atoms with Gasteiger partial charge in [0.2, 0.25) is 0 Å². The third-order valence-electron chi connectivity index (χ3n) is 9.30. The van der Waals surface area contributed by atoms with Crippen LogP contribution in [0.2, 0.25) is 0 Å². The lowest BCUT2D eigenvalue weighted by molar-refractivity contribution is 0.477. The van der Waals surface area contributed by atoms with Crippen LogP contribution in [0.3, 0.4) is 0 Å². The van der Waals surface area contributed by atoms with Gasteiger partial charge in [0.1, 0.15) is 5.75 Å². The predicted molar refractivity (Wildman–Crippen MR) is 211 cm³/mol. The van der Waals surface area contributed by atoms with Gasteiger partial charge < -0.3 is 5.11 Å². The molecule has 2 aromatic rings. The van der Waals surface area contributed by atoms with Crippen molar-refractivity contribution in [3.63, 3.8) is 0 Å². The summed E-state index contributed by atoms with van der Waals surface area (Å²) in [5.74, 6) is 0.420. The van der Waals surface area contributed by atoms with Crippen LogP contribution in [-0.4, -0.2) is 5.11 Å². The molecule has 0 radical (unpaired) electrons. The Labute approximate surface area is 289 Å². The number of allylic oxidation sites excluding steroid dienone is 14. The van der Waals surface area contributed by atoms with Crippen LogP contribution in [0.5, 0.6) is 5.75 Å². The highest BCUT2D eigenvalue weighted by molar-refractivity contribution is 5.90. The lowest BCUT2D eigenvalue weighted by Gasteiger charge is -2.10. The third kappa shape index (κ3) is 16.9. The molecule has 0 spiro atoms. The summed E-state index contributed by atoms with van der Waals surface area (Å²) in [6, 6.07) is 10.3. The number of rotatable bonds is 20. The van der Waals surface area contributed by atoms with Crippen LogP contribution in [0.4, 0.5) is 0 Å². The molecule has 0 atom stereocenters. The second kappa shape index (κ2) is 22.3. The SMILES string of the molecule is CC(C)=CCC/C(C)=C/CC/C(C)=C/CC/C(C)=C/CC/C(C)=C/CC/C(C)=C/CC/C(C)=C/Cc1cc2ccccc2c(O)c1C. The maximum Gasteiger partial charge on any atom is 0.126 e. The van der Waals surface area contributed by atoms with Gasteiger partial charge in [0.05, 0.1) is 0 Å². The van der Waals surface area contributed by atoms with E-state index in [1.807, 2.05) is 25.1 Å². The fourth-order valence-corrected chi connectivity index (χ4v) is 5.92. The van der Waals surface area contributed by atoms with E-state index in [1.165, 1.54) is 70.3 Å². The van der Waals surface area contributed by atoms with Crippen molar-refractivity contribution >= 4 is 10.8 Å². The minimum Gasteiger partial charge on any atom is -0.507 e. The molecular weight excluding hydrogens is 569 g/mol. The van der Waals surface area contributed by atoms with E-state index >= 15 is 0 Å². The molecule has 0 fully saturated rings. The van der Waals surface area contributed by atoms with Crippen LogP contribution in [0.25, 0.3) is 10.8 Å². The van der Waals surface area contributed by atoms with Gasteiger partial charge in [-0.3, -0.25) is 0 Å². The second-order valence-corrected chi connectivity index (χ2v) is 14.3. The molecule has 0 unspecified atom stereocenters. The molecule has 1 heteroatoms. The Hall–Kier alpha value is -3.32. The van der Waals surface area contributed by atoms with Crippen molar-refractivity contribution in [1.82, 2.24) is 0 Å². The Kier molecular flexibility index (Phi) is 18.9. The maximum atomic E-state index is 10.6. The number of hydrogen-bond acceptors (Lipinski definition) is 1. The number of aromatic hydroxyl groups is 1. The number of benzene rings is 2. The third-order valence-corrected chi connectivity index (χ3v) is 9.30. The minimum atomic E-state index is 0.420. The summed E-state index contributed by atoms with van der Waals surface area (Å²) in [6.07, 6.45) is 31.5. The number of phenols is 1. The van der Waals surface area contributed by atoms with Gasteiger partial charge in [0.25, 0.3) is 0 Å². The van der Waals surface area contributed by atoms with Crippen molar-refractivity contribution < 1.29 is 5.11 Å². The monoisotopic (exact) mass is 635 g/mol. The highest BCUT2D eigenvalue weighted by atomic mass is 16.3. The smallest absolute Gasteiger partial charge is 0.126 e. The topological polar surface area (TPSA) is 20.2 Å². The molecule has 0 bridgehead atoms. The molecule has 0 saturated heterocycles. The Bertz CT molecular complexity index is 1480. The fourth-order valence-electron chi connectivity index (χ4n) is 5.92. The van der Waals surface area contributed by atoms with Crippen LogP contribution in [0, 0.1) is 6.92 Å². The summed E-state index contributed by atoms with van der Waals surface area (Å²) in [5.41, 5.74) is 12.6. The van der Waals surface area contributed by atoms with Crippen molar-refractivity contribution in [3.05, 3.63) is 123 Å². The first-order chi connectivity index (χ1) is 22.5. The average molecular weight is 635 g/mol. The first kappa shape index (κ1) is 39.9. The summed E-state index contributed by atoms with van der Waals surface area (Å²) in [6.45, 7) is 20.0. The standard InChI is InChI=1S/C46H66O/c1-35(2)18-12-19-36(3)20-13-21-37(4)22-14-23-38(5)24-15-25-39(6)26-16-27-40(7)28-17-29-41(8)32-33-43-34-44-30-10-11-31-45(44)46(47)42(43)9/h10-11,18,20,22,24,26,28,30-32,34,47H,12-17,19,21,23,25,27,29,33H2,1-9H3/b36-20+,37-22+,38-24+,39-26+,40-28+,41-32+. The van der Waals surface area contributed by atoms with Gasteiger partial charge in [-0.05, 0) is 162 Å². The molecule has 0 aliphatic rings. The first-order valence-electron chi connectivity index (χ1n) is 18.2. The van der Waals surface area contributed by atoms with Crippen molar-refractivity contribution in [1.29, 1.82) is 0 Å². The van der Waals surface area contributed by atoms with Gasteiger partial charge in [-0.1, -0.05) is 112 Å². The van der Waals surface area contributed by atoms with Gasteiger partial charge in [-0.15, -0.1) is 0 Å². The van der Waals surface area contributed by atoms with Crippen LogP contribution in [0.1, 0.15) is 144 Å². The zero-order valence-electron chi connectivity index (χ0n) is 31.6. The average Bonchev–Trinajstić information content (AvgIpc) is 3.02. The van der Waals surface area contributed by atoms with E-state index in [2.05, 4.69) is 110 Å². The highest BCUT2D eigenvalue weighted by Gasteiger charge is 2.08. The molecule has 2 rings (SSSR count). The largest absolute Gasteiger partial charge is 0.507 e. The molecule has 0 amide bonds. The van der Waals surface area contributed by atoms with Crippen molar-refractivity contribution in [2.24, 2.45) is 0 Å². The lowest BCUT2D eigenvalue weighted by Crippen LogP contribution is -1.91. The second-order valence-electron chi connectivity index (χ2n) is 14.3. The van der Waals surface area contributed by atoms with Gasteiger partial charge in [0.15, 0.2) is 0 Å². The molecule has 0 aromatic heterocycles. The Morgan fingerprint density at radius 3 is 1.28 bits per heavy atom. The summed E-state index contributed by atoms with van der Waals surface area (Å²) in [4.78, 5) is 0. The van der Waals surface area contributed by atoms with Crippen molar-refractivity contribution in [2.45, 2.75) is 146 Å². The fraction of sp³-hybridized carbons (Fsp3) is 0.478. The maximum absolute atomic E-state index is 10.6. The van der Waals surface area contributed by atoms with Crippen molar-refractivity contribution in [3.8, 4) is 5.75 Å². The van der Waals surface area contributed by atoms with E-state index in [0.717, 1.165) is 74.1 Å². The molecule has 0 aliphatic heterocycles. The molecular formula is C46H66O. The summed E-state index contributed by atoms with van der Waals surface area (Å²) in [5, 5.41) is 12.7. The van der Waals surface area contributed by atoms with Gasteiger partial charge in [-0.2, -0.15) is 0 Å². The minimum absolute atomic E-state index is 0.420. The van der Waals surface area contributed by atoms with Gasteiger partial charge >= 0.3 is 0 Å². The van der Waals surface area contributed by atoms with E-state index in [1.54, 1.807) is 0 Å². The number of fused-ring (bicyclic) bond motifs is 1. The van der Waals surface area contributed by atoms with E-state index in [0.29, 0.717) is 5.75 Å². The van der Waals surface area contributed by atoms with Crippen molar-refractivity contribution in [2.75, 3.05) is 0 Å².